The van der Waals surface area contributed by atoms with Crippen molar-refractivity contribution in [3.63, 3.8) is 0 Å². The molecule has 2 aromatic carbocycles. The summed E-state index contributed by atoms with van der Waals surface area (Å²) in [6, 6.07) is 12.9. The first-order valence-corrected chi connectivity index (χ1v) is 9.21. The molecule has 1 aliphatic heterocycles. The smallest absolute Gasteiger partial charge is 0.337 e. The van der Waals surface area contributed by atoms with E-state index in [2.05, 4.69) is 0 Å². The van der Waals surface area contributed by atoms with Crippen molar-refractivity contribution in [3.05, 3.63) is 95.2 Å². The molecule has 1 amide bonds. The van der Waals surface area contributed by atoms with E-state index >= 15 is 0 Å². The molecule has 1 atom stereocenters. The maximum absolute atomic E-state index is 13.3. The molecule has 7 nitrogen and oxygen atoms in total. The summed E-state index contributed by atoms with van der Waals surface area (Å²) in [5.41, 5.74) is 0.373. The molecular weight excluding hydrogens is 405 g/mol. The summed E-state index contributed by atoms with van der Waals surface area (Å²) < 4.78 is 23.5. The van der Waals surface area contributed by atoms with Crippen LogP contribution in [0, 0.1) is 5.82 Å². The highest BCUT2D eigenvalue weighted by atomic mass is 19.1. The van der Waals surface area contributed by atoms with Crippen molar-refractivity contribution in [2.45, 2.75) is 6.04 Å². The number of hydrogen-bond acceptors (Lipinski definition) is 6. The van der Waals surface area contributed by atoms with Gasteiger partial charge in [-0.25, -0.2) is 9.18 Å². The summed E-state index contributed by atoms with van der Waals surface area (Å²) in [6.45, 7) is 0. The van der Waals surface area contributed by atoms with Crippen molar-refractivity contribution >= 4 is 29.1 Å². The highest BCUT2D eigenvalue weighted by Gasteiger charge is 2.48. The molecule has 3 aromatic rings. The van der Waals surface area contributed by atoms with Crippen LogP contribution in [0.4, 0.5) is 10.1 Å². The van der Waals surface area contributed by atoms with E-state index in [1.165, 1.54) is 37.6 Å². The second kappa shape index (κ2) is 7.91. The van der Waals surface area contributed by atoms with Crippen LogP contribution in [0.15, 0.2) is 76.9 Å². The number of carbonyl (C=O) groups is 3. The lowest BCUT2D eigenvalue weighted by Gasteiger charge is -2.23. The zero-order valence-corrected chi connectivity index (χ0v) is 16.2. The normalized spacial score (nSPS) is 17.7. The fourth-order valence-corrected chi connectivity index (χ4v) is 3.48. The molecule has 0 spiro atoms. The highest BCUT2D eigenvalue weighted by Crippen LogP contribution is 2.42. The zero-order chi connectivity index (χ0) is 22.1. The Morgan fingerprint density at radius 3 is 2.45 bits per heavy atom. The van der Waals surface area contributed by atoms with Crippen molar-refractivity contribution < 1.29 is 33.0 Å². The van der Waals surface area contributed by atoms with Gasteiger partial charge in [0.15, 0.2) is 0 Å². The maximum Gasteiger partial charge on any atom is 0.337 e. The third-order valence-electron chi connectivity index (χ3n) is 4.92. The van der Waals surface area contributed by atoms with E-state index in [9.17, 15) is 23.9 Å². The van der Waals surface area contributed by atoms with Crippen LogP contribution < -0.4 is 4.90 Å². The summed E-state index contributed by atoms with van der Waals surface area (Å²) in [4.78, 5) is 39.0. The zero-order valence-electron chi connectivity index (χ0n) is 16.2. The molecule has 2 heterocycles. The number of aliphatic hydroxyl groups excluding tert-OH is 1. The summed E-state index contributed by atoms with van der Waals surface area (Å²) >= 11 is 0. The van der Waals surface area contributed by atoms with Gasteiger partial charge in [0.1, 0.15) is 23.4 Å². The molecule has 1 saturated heterocycles. The lowest BCUT2D eigenvalue weighted by molar-refractivity contribution is -0.132. The van der Waals surface area contributed by atoms with E-state index in [0.717, 1.165) is 17.0 Å². The van der Waals surface area contributed by atoms with E-state index < -0.39 is 35.3 Å². The molecular formula is C23H16FNO6. The molecule has 0 aliphatic carbocycles. The van der Waals surface area contributed by atoms with Crippen LogP contribution in [0.2, 0.25) is 0 Å². The fraction of sp³-hybridized carbons (Fsp3) is 0.0870. The lowest BCUT2D eigenvalue weighted by atomic mass is 9.99. The van der Waals surface area contributed by atoms with E-state index in [4.69, 9.17) is 9.15 Å². The second-order valence-electron chi connectivity index (χ2n) is 6.73. The predicted molar refractivity (Wildman–Crippen MR) is 108 cm³/mol. The minimum absolute atomic E-state index is 0.166. The number of furan rings is 1. The Balaban J connectivity index is 1.90. The molecule has 31 heavy (non-hydrogen) atoms. The number of anilines is 1. The summed E-state index contributed by atoms with van der Waals surface area (Å²) in [5, 5.41) is 10.9. The number of halogens is 1. The fourth-order valence-electron chi connectivity index (χ4n) is 3.48. The third-order valence-corrected chi connectivity index (χ3v) is 4.92. The van der Waals surface area contributed by atoms with Crippen molar-refractivity contribution in [1.82, 2.24) is 0 Å². The molecule has 4 rings (SSSR count). The number of aliphatic hydroxyl groups is 1. The van der Waals surface area contributed by atoms with Crippen LogP contribution in [-0.4, -0.2) is 29.9 Å². The van der Waals surface area contributed by atoms with Gasteiger partial charge in [-0.15, -0.1) is 0 Å². The number of nitrogens with zero attached hydrogens (tertiary/aromatic N) is 1. The topological polar surface area (TPSA) is 97.0 Å². The van der Waals surface area contributed by atoms with E-state index in [1.54, 1.807) is 24.3 Å². The number of benzene rings is 2. The van der Waals surface area contributed by atoms with E-state index in [0.29, 0.717) is 0 Å². The molecule has 0 radical (unpaired) electrons. The Bertz CT molecular complexity index is 1200. The molecule has 1 aliphatic rings. The summed E-state index contributed by atoms with van der Waals surface area (Å²) in [7, 11) is 1.23. The molecule has 1 unspecified atom stereocenters. The van der Waals surface area contributed by atoms with E-state index in [1.807, 2.05) is 0 Å². The van der Waals surface area contributed by atoms with Crippen molar-refractivity contribution in [2.75, 3.05) is 12.0 Å². The Kier molecular flexibility index (Phi) is 5.12. The van der Waals surface area contributed by atoms with Crippen LogP contribution in [0.1, 0.15) is 27.7 Å². The van der Waals surface area contributed by atoms with Crippen LogP contribution in [0.3, 0.4) is 0 Å². The van der Waals surface area contributed by atoms with Gasteiger partial charge in [-0.2, -0.15) is 0 Å². The Hall–Kier alpha value is -4.20. The number of ketones is 1. The van der Waals surface area contributed by atoms with Gasteiger partial charge in [0.2, 0.25) is 0 Å². The standard InChI is InChI=1S/C23H16FNO6/c1-30-23(29)14-4-2-5-16(12-14)25-19(17-6-3-11-31-17)18(21(27)22(25)28)20(26)13-7-9-15(24)10-8-13/h2-12,19,26H,1H3/b20-18-. The van der Waals surface area contributed by atoms with Gasteiger partial charge < -0.3 is 14.3 Å². The maximum atomic E-state index is 13.3. The third kappa shape index (κ3) is 3.48. The van der Waals surface area contributed by atoms with Gasteiger partial charge in [0.05, 0.1) is 24.5 Å². The van der Waals surface area contributed by atoms with Crippen molar-refractivity contribution in [3.8, 4) is 0 Å². The monoisotopic (exact) mass is 421 g/mol. The number of ether oxygens (including phenoxy) is 1. The highest BCUT2D eigenvalue weighted by molar-refractivity contribution is 6.51. The lowest BCUT2D eigenvalue weighted by Crippen LogP contribution is -2.29. The van der Waals surface area contributed by atoms with Crippen molar-refractivity contribution in [1.29, 1.82) is 0 Å². The number of carbonyl (C=O) groups excluding carboxylic acids is 3. The number of rotatable bonds is 4. The summed E-state index contributed by atoms with van der Waals surface area (Å²) in [6.07, 6.45) is 1.37. The molecule has 1 N–H and O–H groups in total. The molecule has 0 bridgehead atoms. The first-order chi connectivity index (χ1) is 14.9. The molecule has 1 fully saturated rings. The Labute approximate surface area is 176 Å². The number of hydrogen-bond donors (Lipinski definition) is 1. The number of amides is 1. The molecule has 156 valence electrons. The average Bonchev–Trinajstić information content (AvgIpc) is 3.40. The SMILES string of the molecule is COC(=O)c1cccc(N2C(=O)C(=O)/C(=C(\O)c3ccc(F)cc3)C2c2ccco2)c1. The van der Waals surface area contributed by atoms with Crippen LogP contribution in [0.5, 0.6) is 0 Å². The largest absolute Gasteiger partial charge is 0.507 e. The average molecular weight is 421 g/mol. The first-order valence-electron chi connectivity index (χ1n) is 9.21. The van der Waals surface area contributed by atoms with Gasteiger partial charge in [0.25, 0.3) is 11.7 Å². The van der Waals surface area contributed by atoms with Gasteiger partial charge in [-0.3, -0.25) is 14.5 Å². The molecule has 1 aromatic heterocycles. The van der Waals surface area contributed by atoms with Gasteiger partial charge in [0, 0.05) is 11.3 Å². The van der Waals surface area contributed by atoms with E-state index in [-0.39, 0.29) is 28.1 Å². The van der Waals surface area contributed by atoms with Crippen LogP contribution in [-0.2, 0) is 14.3 Å². The second-order valence-corrected chi connectivity index (χ2v) is 6.73. The minimum Gasteiger partial charge on any atom is -0.507 e. The quantitative estimate of drug-likeness (QED) is 0.298. The van der Waals surface area contributed by atoms with Gasteiger partial charge in [-0.1, -0.05) is 6.07 Å². The van der Waals surface area contributed by atoms with Crippen LogP contribution >= 0.6 is 0 Å². The Morgan fingerprint density at radius 1 is 1.06 bits per heavy atom. The van der Waals surface area contributed by atoms with Crippen molar-refractivity contribution in [2.24, 2.45) is 0 Å². The number of methoxy groups -OCH3 is 1. The Morgan fingerprint density at radius 2 is 1.81 bits per heavy atom. The summed E-state index contributed by atoms with van der Waals surface area (Å²) in [5.74, 6) is -3.21. The number of Topliss-reactive ketones (excluding diaryl/α,β-unsaturated/α-hetero) is 1. The number of esters is 1. The molecule has 0 saturated carbocycles. The minimum atomic E-state index is -1.09. The first kappa shape index (κ1) is 20.1. The van der Waals surface area contributed by atoms with Gasteiger partial charge >= 0.3 is 5.97 Å². The van der Waals surface area contributed by atoms with Crippen LogP contribution in [0.25, 0.3) is 5.76 Å². The van der Waals surface area contributed by atoms with Gasteiger partial charge in [-0.05, 0) is 54.6 Å². The predicted octanol–water partition coefficient (Wildman–Crippen LogP) is 3.83. The molecule has 8 heteroatoms.